The number of ether oxygens (including phenoxy) is 3. The summed E-state index contributed by atoms with van der Waals surface area (Å²) in [5, 5.41) is 2.39. The fourth-order valence-electron chi connectivity index (χ4n) is 2.19. The summed E-state index contributed by atoms with van der Waals surface area (Å²) < 4.78 is 52.4. The normalized spacial score (nSPS) is 15.8. The van der Waals surface area contributed by atoms with Crippen molar-refractivity contribution in [3.63, 3.8) is 0 Å². The number of alkyl carbamates (subject to hydrolysis) is 1. The van der Waals surface area contributed by atoms with E-state index in [1.807, 2.05) is 0 Å². The minimum atomic E-state index is -4.22. The molecule has 27 heavy (non-hydrogen) atoms. The number of alkyl halides is 3. The molecule has 0 aromatic heterocycles. The van der Waals surface area contributed by atoms with Gasteiger partial charge in [-0.15, -0.1) is 0 Å². The number of carbonyl (C=O) groups excluding carboxylic acids is 2. The summed E-state index contributed by atoms with van der Waals surface area (Å²) in [4.78, 5) is 24.0. The van der Waals surface area contributed by atoms with Crippen molar-refractivity contribution in [2.75, 3.05) is 6.61 Å². The van der Waals surface area contributed by atoms with E-state index in [-0.39, 0.29) is 18.9 Å². The molecule has 0 fully saturated rings. The average Bonchev–Trinajstić information content (AvgIpc) is 2.45. The number of halogens is 3. The van der Waals surface area contributed by atoms with E-state index in [4.69, 9.17) is 14.2 Å². The van der Waals surface area contributed by atoms with Crippen molar-refractivity contribution in [2.45, 2.75) is 91.3 Å². The zero-order valence-electron chi connectivity index (χ0n) is 17.1. The quantitative estimate of drug-likeness (QED) is 0.464. The highest BCUT2D eigenvalue weighted by molar-refractivity contribution is 5.81. The molecule has 0 rings (SSSR count). The predicted molar refractivity (Wildman–Crippen MR) is 94.3 cm³/mol. The lowest BCUT2D eigenvalue weighted by Crippen LogP contribution is -2.45. The van der Waals surface area contributed by atoms with Gasteiger partial charge < -0.3 is 19.5 Å². The maximum Gasteiger partial charge on any atom is 0.408 e. The Hall–Kier alpha value is -1.51. The van der Waals surface area contributed by atoms with Crippen molar-refractivity contribution in [1.82, 2.24) is 5.32 Å². The first-order valence-electron chi connectivity index (χ1n) is 9.00. The van der Waals surface area contributed by atoms with Crippen molar-refractivity contribution in [1.29, 1.82) is 0 Å². The van der Waals surface area contributed by atoms with E-state index < -0.39 is 48.5 Å². The van der Waals surface area contributed by atoms with Crippen LogP contribution in [0.3, 0.4) is 0 Å². The first kappa shape index (κ1) is 25.5. The Kier molecular flexibility index (Phi) is 10.1. The molecule has 1 amide bonds. The third kappa shape index (κ3) is 12.5. The molecule has 0 aliphatic carbocycles. The highest BCUT2D eigenvalue weighted by Gasteiger charge is 2.30. The zero-order valence-corrected chi connectivity index (χ0v) is 17.1. The number of rotatable bonds is 9. The molecule has 0 aromatic carbocycles. The second-order valence-electron chi connectivity index (χ2n) is 7.81. The Bertz CT molecular complexity index is 475. The third-order valence-electron chi connectivity index (χ3n) is 3.44. The van der Waals surface area contributed by atoms with E-state index in [0.717, 1.165) is 0 Å². The van der Waals surface area contributed by atoms with Gasteiger partial charge in [0.15, 0.2) is 0 Å². The average molecular weight is 399 g/mol. The summed E-state index contributed by atoms with van der Waals surface area (Å²) in [5.41, 5.74) is -0.701. The fraction of sp³-hybridized carbons (Fsp3) is 0.889. The molecular weight excluding hydrogens is 367 g/mol. The summed E-state index contributed by atoms with van der Waals surface area (Å²) in [6.45, 7) is 11.7. The van der Waals surface area contributed by atoms with Gasteiger partial charge in [0.05, 0.1) is 6.10 Å². The van der Waals surface area contributed by atoms with Gasteiger partial charge in [0, 0.05) is 13.0 Å². The van der Waals surface area contributed by atoms with E-state index >= 15 is 0 Å². The summed E-state index contributed by atoms with van der Waals surface area (Å²) in [6.07, 6.45) is -7.31. The molecule has 0 spiro atoms. The molecule has 1 unspecified atom stereocenters. The minimum Gasteiger partial charge on any atom is -0.458 e. The van der Waals surface area contributed by atoms with Gasteiger partial charge in [-0.1, -0.05) is 13.8 Å². The van der Waals surface area contributed by atoms with Gasteiger partial charge in [0.1, 0.15) is 17.7 Å². The van der Waals surface area contributed by atoms with Crippen LogP contribution < -0.4 is 5.32 Å². The second kappa shape index (κ2) is 10.7. The molecule has 9 heteroatoms. The van der Waals surface area contributed by atoms with Crippen LogP contribution in [0.15, 0.2) is 0 Å². The van der Waals surface area contributed by atoms with Crippen molar-refractivity contribution < 1.29 is 37.0 Å². The van der Waals surface area contributed by atoms with Crippen LogP contribution in [-0.2, 0) is 19.0 Å². The standard InChI is InChI=1S/C18H32F3NO5/c1-11(2)14(13(4)25-10-8-9-18(19,20)21)26-15(23)12(3)22-16(24)27-17(5,6)7/h11-14H,8-10H2,1-7H3,(H,22,24)/t12-,13-,14?/m0/s1. The number of esters is 1. The highest BCUT2D eigenvalue weighted by Crippen LogP contribution is 2.22. The zero-order chi connectivity index (χ0) is 21.4. The monoisotopic (exact) mass is 399 g/mol. The SMILES string of the molecule is CC(C)C(OC(=O)[C@H](C)NC(=O)OC(C)(C)C)[C@H](C)OCCCC(F)(F)F. The maximum atomic E-state index is 12.2. The molecule has 3 atom stereocenters. The van der Waals surface area contributed by atoms with Crippen LogP contribution in [0.2, 0.25) is 0 Å². The van der Waals surface area contributed by atoms with Crippen LogP contribution in [0.25, 0.3) is 0 Å². The number of hydrogen-bond acceptors (Lipinski definition) is 5. The molecule has 0 saturated carbocycles. The lowest BCUT2D eigenvalue weighted by molar-refractivity contribution is -0.164. The van der Waals surface area contributed by atoms with E-state index in [2.05, 4.69) is 5.32 Å². The number of amides is 1. The van der Waals surface area contributed by atoms with Gasteiger partial charge in [0.25, 0.3) is 0 Å². The molecule has 160 valence electrons. The van der Waals surface area contributed by atoms with E-state index in [1.165, 1.54) is 6.92 Å². The highest BCUT2D eigenvalue weighted by atomic mass is 19.4. The van der Waals surface area contributed by atoms with Crippen LogP contribution in [-0.4, -0.2) is 48.7 Å². The van der Waals surface area contributed by atoms with Gasteiger partial charge in [-0.05, 0) is 47.0 Å². The van der Waals surface area contributed by atoms with Gasteiger partial charge in [0.2, 0.25) is 0 Å². The van der Waals surface area contributed by atoms with Crippen LogP contribution in [0.4, 0.5) is 18.0 Å². The lowest BCUT2D eigenvalue weighted by atomic mass is 10.0. The largest absolute Gasteiger partial charge is 0.458 e. The summed E-state index contributed by atoms with van der Waals surface area (Å²) >= 11 is 0. The molecule has 0 aliphatic rings. The number of carbonyl (C=O) groups is 2. The molecule has 0 radical (unpaired) electrons. The first-order valence-corrected chi connectivity index (χ1v) is 9.00. The summed E-state index contributed by atoms with van der Waals surface area (Å²) in [7, 11) is 0. The van der Waals surface area contributed by atoms with Crippen molar-refractivity contribution in [2.24, 2.45) is 5.92 Å². The van der Waals surface area contributed by atoms with Crippen molar-refractivity contribution in [3.8, 4) is 0 Å². The minimum absolute atomic E-state index is 0.0901. The molecule has 1 N–H and O–H groups in total. The summed E-state index contributed by atoms with van der Waals surface area (Å²) in [6, 6.07) is -0.946. The number of nitrogens with one attached hydrogen (secondary N) is 1. The summed E-state index contributed by atoms with van der Waals surface area (Å²) in [5.74, 6) is -0.800. The number of hydrogen-bond donors (Lipinski definition) is 1. The molecule has 0 aliphatic heterocycles. The fourth-order valence-corrected chi connectivity index (χ4v) is 2.19. The molecule has 0 saturated heterocycles. The van der Waals surface area contributed by atoms with Crippen LogP contribution in [0.5, 0.6) is 0 Å². The Morgan fingerprint density at radius 2 is 1.59 bits per heavy atom. The molecule has 0 bridgehead atoms. The van der Waals surface area contributed by atoms with Crippen LogP contribution >= 0.6 is 0 Å². The topological polar surface area (TPSA) is 73.9 Å². The van der Waals surface area contributed by atoms with Gasteiger partial charge in [-0.2, -0.15) is 13.2 Å². The first-order chi connectivity index (χ1) is 12.1. The molecule has 0 aromatic rings. The van der Waals surface area contributed by atoms with Crippen LogP contribution in [0, 0.1) is 5.92 Å². The second-order valence-corrected chi connectivity index (χ2v) is 7.81. The maximum absolute atomic E-state index is 12.2. The van der Waals surface area contributed by atoms with Gasteiger partial charge >= 0.3 is 18.2 Å². The van der Waals surface area contributed by atoms with Gasteiger partial charge in [-0.3, -0.25) is 0 Å². The van der Waals surface area contributed by atoms with Gasteiger partial charge in [-0.25, -0.2) is 9.59 Å². The smallest absolute Gasteiger partial charge is 0.408 e. The third-order valence-corrected chi connectivity index (χ3v) is 3.44. The Balaban J connectivity index is 4.57. The van der Waals surface area contributed by atoms with Crippen LogP contribution in [0.1, 0.15) is 61.3 Å². The molecule has 0 heterocycles. The molecular formula is C18H32F3NO5. The van der Waals surface area contributed by atoms with Crippen molar-refractivity contribution in [3.05, 3.63) is 0 Å². The van der Waals surface area contributed by atoms with Crippen molar-refractivity contribution >= 4 is 12.1 Å². The Morgan fingerprint density at radius 1 is 1.04 bits per heavy atom. The predicted octanol–water partition coefficient (Wildman–Crippen LogP) is 4.22. The van der Waals surface area contributed by atoms with E-state index in [0.29, 0.717) is 0 Å². The Labute approximate surface area is 159 Å². The Morgan fingerprint density at radius 3 is 2.04 bits per heavy atom. The van der Waals surface area contributed by atoms with E-state index in [9.17, 15) is 22.8 Å². The van der Waals surface area contributed by atoms with E-state index in [1.54, 1.807) is 41.5 Å². The molecule has 6 nitrogen and oxygen atoms in total. The lowest BCUT2D eigenvalue weighted by Gasteiger charge is -2.29.